The Balaban J connectivity index is 1.71. The van der Waals surface area contributed by atoms with Crippen molar-refractivity contribution in [3.8, 4) is 5.75 Å². The van der Waals surface area contributed by atoms with Crippen LogP contribution in [0.4, 0.5) is 5.69 Å². The maximum absolute atomic E-state index is 13.5. The molecule has 9 heteroatoms. The Morgan fingerprint density at radius 3 is 2.51 bits per heavy atom. The van der Waals surface area contributed by atoms with E-state index in [-0.39, 0.29) is 11.4 Å². The number of hydrogen-bond donors (Lipinski definition) is 1. The van der Waals surface area contributed by atoms with Gasteiger partial charge in [-0.25, -0.2) is 8.42 Å². The van der Waals surface area contributed by atoms with Gasteiger partial charge in [-0.15, -0.1) is 0 Å². The van der Waals surface area contributed by atoms with Gasteiger partial charge in [-0.3, -0.25) is 9.10 Å². The first-order chi connectivity index (χ1) is 16.8. The smallest absolute Gasteiger partial charge is 0.264 e. The first kappa shape index (κ1) is 26.9. The summed E-state index contributed by atoms with van der Waals surface area (Å²) < 4.78 is 33.8. The zero-order chi connectivity index (χ0) is 25.3. The van der Waals surface area contributed by atoms with Crippen LogP contribution in [-0.2, 0) is 20.6 Å². The summed E-state index contributed by atoms with van der Waals surface area (Å²) in [4.78, 5) is 12.9. The number of sulfonamides is 1. The lowest BCUT2D eigenvalue weighted by molar-refractivity contribution is -0.119. The number of halogens is 1. The Kier molecular flexibility index (Phi) is 9.89. The number of amides is 1. The molecular weight excluding hydrogens is 504 g/mol. The van der Waals surface area contributed by atoms with Crippen LogP contribution in [0.3, 0.4) is 0 Å². The highest BCUT2D eigenvalue weighted by atomic mass is 35.5. The average molecular weight is 533 g/mol. The summed E-state index contributed by atoms with van der Waals surface area (Å²) in [5.74, 6) is 1.54. The van der Waals surface area contributed by atoms with Crippen molar-refractivity contribution in [2.45, 2.75) is 24.5 Å². The molecule has 1 amide bonds. The van der Waals surface area contributed by atoms with Gasteiger partial charge in [0.15, 0.2) is 0 Å². The van der Waals surface area contributed by atoms with Crippen LogP contribution >= 0.6 is 23.4 Å². The minimum absolute atomic E-state index is 0.0368. The zero-order valence-corrected chi connectivity index (χ0v) is 22.1. The molecule has 6 nitrogen and oxygen atoms in total. The second kappa shape index (κ2) is 12.9. The third-order valence-electron chi connectivity index (χ3n) is 5.04. The molecule has 0 atom stereocenters. The number of anilines is 1. The lowest BCUT2D eigenvalue weighted by Gasteiger charge is -2.26. The van der Waals surface area contributed by atoms with Crippen molar-refractivity contribution in [2.75, 3.05) is 29.8 Å². The molecule has 0 saturated heterocycles. The quantitative estimate of drug-likeness (QED) is 0.321. The number of para-hydroxylation sites is 2. The van der Waals surface area contributed by atoms with Gasteiger partial charge in [-0.1, -0.05) is 53.6 Å². The standard InChI is InChI=1S/C26H29ClN2O4S2/c1-3-33-25-10-5-4-9-24(25)29(35(31,32)23-13-11-22(27)12-14-23)18-26(30)28-15-16-34-19-21-8-6-7-20(2)17-21/h4-14,17H,3,15-16,18-19H2,1-2H3,(H,28,30). The molecule has 1 N–H and O–H groups in total. The van der Waals surface area contributed by atoms with Gasteiger partial charge in [0, 0.05) is 23.1 Å². The first-order valence-corrected chi connectivity index (χ1v) is 14.2. The third-order valence-corrected chi connectivity index (χ3v) is 8.10. The van der Waals surface area contributed by atoms with E-state index < -0.39 is 15.9 Å². The molecule has 35 heavy (non-hydrogen) atoms. The molecule has 0 radical (unpaired) electrons. The summed E-state index contributed by atoms with van der Waals surface area (Å²) in [6.07, 6.45) is 0. The van der Waals surface area contributed by atoms with Crippen LogP contribution in [0.5, 0.6) is 5.75 Å². The van der Waals surface area contributed by atoms with E-state index in [1.54, 1.807) is 36.0 Å². The average Bonchev–Trinajstić information content (AvgIpc) is 2.83. The molecular formula is C26H29ClN2O4S2. The van der Waals surface area contributed by atoms with Crippen LogP contribution in [0.15, 0.2) is 77.7 Å². The fourth-order valence-electron chi connectivity index (χ4n) is 3.42. The molecule has 0 saturated carbocycles. The van der Waals surface area contributed by atoms with E-state index >= 15 is 0 Å². The molecule has 0 aromatic heterocycles. The van der Waals surface area contributed by atoms with E-state index in [9.17, 15) is 13.2 Å². The highest BCUT2D eigenvalue weighted by molar-refractivity contribution is 7.98. The number of rotatable bonds is 12. The number of carbonyl (C=O) groups is 1. The number of thioether (sulfide) groups is 1. The molecule has 3 aromatic carbocycles. The minimum atomic E-state index is -4.05. The molecule has 3 rings (SSSR count). The number of nitrogens with one attached hydrogen (secondary N) is 1. The lowest BCUT2D eigenvalue weighted by atomic mass is 10.2. The Morgan fingerprint density at radius 1 is 1.06 bits per heavy atom. The van der Waals surface area contributed by atoms with Crippen LogP contribution in [0.25, 0.3) is 0 Å². The van der Waals surface area contributed by atoms with E-state index in [0.717, 1.165) is 10.1 Å². The van der Waals surface area contributed by atoms with Crippen LogP contribution in [-0.4, -0.2) is 39.8 Å². The fourth-order valence-corrected chi connectivity index (χ4v) is 5.78. The Morgan fingerprint density at radius 2 is 1.80 bits per heavy atom. The van der Waals surface area contributed by atoms with Gasteiger partial charge in [0.1, 0.15) is 12.3 Å². The number of nitrogens with zero attached hydrogens (tertiary/aromatic N) is 1. The number of ether oxygens (including phenoxy) is 1. The van der Waals surface area contributed by atoms with Crippen molar-refractivity contribution in [1.82, 2.24) is 5.32 Å². The van der Waals surface area contributed by atoms with Crippen molar-refractivity contribution >= 4 is 45.0 Å². The van der Waals surface area contributed by atoms with Crippen molar-refractivity contribution in [3.63, 3.8) is 0 Å². The molecule has 0 spiro atoms. The number of hydrogen-bond acceptors (Lipinski definition) is 5. The molecule has 186 valence electrons. The summed E-state index contributed by atoms with van der Waals surface area (Å²) >= 11 is 7.65. The summed E-state index contributed by atoms with van der Waals surface area (Å²) in [6, 6.07) is 20.9. The van der Waals surface area contributed by atoms with Gasteiger partial charge in [0.2, 0.25) is 5.91 Å². The summed E-state index contributed by atoms with van der Waals surface area (Å²) in [5.41, 5.74) is 2.74. The molecule has 0 aliphatic carbocycles. The summed E-state index contributed by atoms with van der Waals surface area (Å²) in [7, 11) is -4.05. The molecule has 3 aromatic rings. The van der Waals surface area contributed by atoms with Gasteiger partial charge in [-0.2, -0.15) is 11.8 Å². The zero-order valence-electron chi connectivity index (χ0n) is 19.7. The number of aryl methyl sites for hydroxylation is 1. The highest BCUT2D eigenvalue weighted by Crippen LogP contribution is 2.32. The van der Waals surface area contributed by atoms with E-state index in [1.165, 1.54) is 35.4 Å². The molecule has 0 aliphatic heterocycles. The predicted molar refractivity (Wildman–Crippen MR) is 144 cm³/mol. The Bertz CT molecular complexity index is 1230. The fraction of sp³-hybridized carbons (Fsp3) is 0.269. The van der Waals surface area contributed by atoms with Gasteiger partial charge in [-0.05, 0) is 55.8 Å². The van der Waals surface area contributed by atoms with Crippen LogP contribution in [0, 0.1) is 6.92 Å². The topological polar surface area (TPSA) is 75.7 Å². The third kappa shape index (κ3) is 7.65. The maximum atomic E-state index is 13.5. The van der Waals surface area contributed by atoms with Gasteiger partial charge < -0.3 is 10.1 Å². The van der Waals surface area contributed by atoms with E-state index in [4.69, 9.17) is 16.3 Å². The van der Waals surface area contributed by atoms with Crippen molar-refractivity contribution in [3.05, 3.63) is 88.9 Å². The molecule has 0 heterocycles. The number of carbonyl (C=O) groups excluding carboxylic acids is 1. The molecule has 0 bridgehead atoms. The summed E-state index contributed by atoms with van der Waals surface area (Å²) in [5, 5.41) is 3.26. The lowest BCUT2D eigenvalue weighted by Crippen LogP contribution is -2.41. The van der Waals surface area contributed by atoms with Crippen LogP contribution in [0.1, 0.15) is 18.1 Å². The molecule has 0 aliphatic rings. The van der Waals surface area contributed by atoms with Crippen molar-refractivity contribution in [1.29, 1.82) is 0 Å². The van der Waals surface area contributed by atoms with Crippen molar-refractivity contribution < 1.29 is 17.9 Å². The predicted octanol–water partition coefficient (Wildman–Crippen LogP) is 5.29. The van der Waals surface area contributed by atoms with Gasteiger partial charge in [0.05, 0.1) is 17.2 Å². The maximum Gasteiger partial charge on any atom is 0.264 e. The first-order valence-electron chi connectivity index (χ1n) is 11.2. The molecule has 0 fully saturated rings. The summed E-state index contributed by atoms with van der Waals surface area (Å²) in [6.45, 7) is 4.28. The largest absolute Gasteiger partial charge is 0.492 e. The van der Waals surface area contributed by atoms with Crippen LogP contribution < -0.4 is 14.4 Å². The SMILES string of the molecule is CCOc1ccccc1N(CC(=O)NCCSCc1cccc(C)c1)S(=O)(=O)c1ccc(Cl)cc1. The molecule has 0 unspecified atom stereocenters. The van der Waals surface area contributed by atoms with Crippen LogP contribution in [0.2, 0.25) is 5.02 Å². The number of benzene rings is 3. The van der Waals surface area contributed by atoms with E-state index in [0.29, 0.717) is 35.4 Å². The van der Waals surface area contributed by atoms with Gasteiger partial charge >= 0.3 is 0 Å². The Hall–Kier alpha value is -2.68. The van der Waals surface area contributed by atoms with E-state index in [2.05, 4.69) is 30.4 Å². The van der Waals surface area contributed by atoms with E-state index in [1.807, 2.05) is 13.0 Å². The highest BCUT2D eigenvalue weighted by Gasteiger charge is 2.29. The normalized spacial score (nSPS) is 11.2. The minimum Gasteiger partial charge on any atom is -0.492 e. The monoisotopic (exact) mass is 532 g/mol. The Labute approximate surface area is 216 Å². The second-order valence-corrected chi connectivity index (χ2v) is 11.2. The van der Waals surface area contributed by atoms with Gasteiger partial charge in [0.25, 0.3) is 10.0 Å². The van der Waals surface area contributed by atoms with Crippen molar-refractivity contribution in [2.24, 2.45) is 0 Å². The second-order valence-electron chi connectivity index (χ2n) is 7.76.